The van der Waals surface area contributed by atoms with Gasteiger partial charge in [-0.3, -0.25) is 9.52 Å². The van der Waals surface area contributed by atoms with Gasteiger partial charge in [-0.05, 0) is 39.0 Å². The van der Waals surface area contributed by atoms with Gasteiger partial charge in [-0.15, -0.1) is 10.2 Å². The Kier molecular flexibility index (Phi) is 4.45. The quantitative estimate of drug-likeness (QED) is 0.603. The van der Waals surface area contributed by atoms with Gasteiger partial charge in [0.2, 0.25) is 11.8 Å². The number of hydrogen-bond donors (Lipinski definition) is 4. The van der Waals surface area contributed by atoms with Crippen molar-refractivity contribution in [3.63, 3.8) is 0 Å². The first-order valence-electron chi connectivity index (χ1n) is 7.85. The molecule has 0 saturated carbocycles. The monoisotopic (exact) mass is 377 g/mol. The average Bonchev–Trinajstić information content (AvgIpc) is 2.59. The van der Waals surface area contributed by atoms with Crippen LogP contribution in [-0.4, -0.2) is 37.5 Å². The summed E-state index contributed by atoms with van der Waals surface area (Å²) in [6.07, 6.45) is -0.896. The molecule has 1 aliphatic rings. The van der Waals surface area contributed by atoms with Crippen LogP contribution < -0.4 is 14.2 Å². The minimum atomic E-state index is -1.46. The second kappa shape index (κ2) is 6.33. The number of aromatic nitrogens is 2. The second-order valence-electron chi connectivity index (χ2n) is 6.68. The van der Waals surface area contributed by atoms with E-state index in [1.165, 1.54) is 12.1 Å². The number of aliphatic hydroxyl groups is 1. The van der Waals surface area contributed by atoms with E-state index < -0.39 is 23.2 Å². The molecule has 2 heterocycles. The van der Waals surface area contributed by atoms with E-state index in [4.69, 9.17) is 9.47 Å². The van der Waals surface area contributed by atoms with Crippen LogP contribution in [0.25, 0.3) is 0 Å². The maximum absolute atomic E-state index is 11.9. The summed E-state index contributed by atoms with van der Waals surface area (Å²) in [7, 11) is 0. The molecule has 8 nitrogen and oxygen atoms in total. The Labute approximate surface area is 155 Å². The smallest absolute Gasteiger partial charge is 0.260 e. The van der Waals surface area contributed by atoms with Gasteiger partial charge in [-0.1, -0.05) is 12.8 Å². The van der Waals surface area contributed by atoms with Crippen molar-refractivity contribution >= 4 is 18.7 Å². The number of carbonyl (C=O) groups excluding carboxylic acids is 1. The molecule has 1 amide bonds. The van der Waals surface area contributed by atoms with Gasteiger partial charge in [-0.25, -0.2) is 0 Å². The van der Waals surface area contributed by atoms with Gasteiger partial charge in [0.1, 0.15) is 17.0 Å². The molecule has 2 atom stereocenters. The molecule has 0 aliphatic carbocycles. The molecule has 3 rings (SSSR count). The predicted octanol–water partition coefficient (Wildman–Crippen LogP) is 1.80. The number of aromatic hydroxyl groups is 1. The largest absolute Gasteiger partial charge is 0.492 e. The van der Waals surface area contributed by atoms with Gasteiger partial charge >= 0.3 is 0 Å². The Morgan fingerprint density at radius 1 is 1.27 bits per heavy atom. The van der Waals surface area contributed by atoms with Gasteiger partial charge in [0.15, 0.2) is 6.10 Å². The molecule has 2 unspecified atom stereocenters. The van der Waals surface area contributed by atoms with Crippen molar-refractivity contribution in [2.75, 3.05) is 0 Å². The first-order valence-corrected chi connectivity index (χ1v) is 8.29. The fourth-order valence-electron chi connectivity index (χ4n) is 2.72. The molecular weight excluding hydrogens is 358 g/mol. The fraction of sp³-hybridized carbons (Fsp3) is 0.353. The molecular formula is C17H19N3O5S. The van der Waals surface area contributed by atoms with E-state index in [1.807, 2.05) is 0 Å². The summed E-state index contributed by atoms with van der Waals surface area (Å²) < 4.78 is 14.1. The van der Waals surface area contributed by atoms with Crippen molar-refractivity contribution < 1.29 is 24.5 Å². The van der Waals surface area contributed by atoms with Crippen LogP contribution in [0.3, 0.4) is 0 Å². The number of nitrogens with zero attached hydrogens (tertiary/aromatic N) is 2. The van der Waals surface area contributed by atoms with Crippen LogP contribution in [0.4, 0.5) is 0 Å². The minimum Gasteiger partial charge on any atom is -0.492 e. The molecule has 1 aromatic carbocycles. The lowest BCUT2D eigenvalue weighted by molar-refractivity contribution is -0.175. The van der Waals surface area contributed by atoms with E-state index in [-0.39, 0.29) is 11.8 Å². The summed E-state index contributed by atoms with van der Waals surface area (Å²) in [6.45, 7) is 5.06. The zero-order valence-corrected chi connectivity index (χ0v) is 15.3. The highest BCUT2D eigenvalue weighted by Crippen LogP contribution is 2.48. The van der Waals surface area contributed by atoms with Gasteiger partial charge in [0.05, 0.1) is 0 Å². The summed E-state index contributed by atoms with van der Waals surface area (Å²) in [5.74, 6) is -0.0527. The maximum Gasteiger partial charge on any atom is 0.260 e. The third-order valence-corrected chi connectivity index (χ3v) is 4.82. The van der Waals surface area contributed by atoms with Crippen LogP contribution in [0.1, 0.15) is 42.8 Å². The number of hydrogen-bond acceptors (Lipinski definition) is 8. The van der Waals surface area contributed by atoms with Crippen molar-refractivity contribution in [1.82, 2.24) is 14.9 Å². The Balaban J connectivity index is 2.09. The highest BCUT2D eigenvalue weighted by atomic mass is 32.1. The third kappa shape index (κ3) is 3.04. The van der Waals surface area contributed by atoms with E-state index >= 15 is 0 Å². The molecule has 138 valence electrons. The van der Waals surface area contributed by atoms with E-state index in [2.05, 4.69) is 27.7 Å². The zero-order chi connectivity index (χ0) is 19.1. The van der Waals surface area contributed by atoms with E-state index in [0.29, 0.717) is 16.9 Å². The number of carbonyl (C=O) groups is 1. The van der Waals surface area contributed by atoms with Crippen LogP contribution in [0, 0.1) is 0 Å². The zero-order valence-electron chi connectivity index (χ0n) is 14.4. The van der Waals surface area contributed by atoms with E-state index in [9.17, 15) is 15.0 Å². The summed E-state index contributed by atoms with van der Waals surface area (Å²) in [5.41, 5.74) is -1.63. The van der Waals surface area contributed by atoms with Gasteiger partial charge in [0, 0.05) is 23.3 Å². The average molecular weight is 377 g/mol. The molecule has 0 bridgehead atoms. The standard InChI is InChI=1S/C17H19N3O5S/c1-16(2)17(3,23)14(24-13-7-6-12(21)18-19-13)10-8-9(15(22)20-26)4-5-11(10)25-16/h4-8,14,23,26H,1-3H3,(H,18,21)(H,20,22). The lowest BCUT2D eigenvalue weighted by atomic mass is 9.77. The van der Waals surface area contributed by atoms with Crippen LogP contribution in [0.15, 0.2) is 30.3 Å². The molecule has 3 N–H and O–H groups in total. The molecule has 0 radical (unpaired) electrons. The number of rotatable bonds is 3. The summed E-state index contributed by atoms with van der Waals surface area (Å²) >= 11 is 3.77. The van der Waals surface area contributed by atoms with Crippen molar-refractivity contribution in [3.05, 3.63) is 41.5 Å². The van der Waals surface area contributed by atoms with Crippen molar-refractivity contribution in [3.8, 4) is 17.5 Å². The maximum atomic E-state index is 11.9. The number of amides is 1. The molecule has 2 aromatic rings. The molecule has 0 fully saturated rings. The van der Waals surface area contributed by atoms with Crippen molar-refractivity contribution in [2.24, 2.45) is 0 Å². The summed E-state index contributed by atoms with van der Waals surface area (Å²) in [5, 5.41) is 27.7. The number of fused-ring (bicyclic) bond motifs is 1. The minimum absolute atomic E-state index is 0.112. The van der Waals surface area contributed by atoms with Crippen LogP contribution in [-0.2, 0) is 0 Å². The first-order chi connectivity index (χ1) is 12.2. The molecule has 1 aromatic heterocycles. The highest BCUT2D eigenvalue weighted by molar-refractivity contribution is 7.78. The highest BCUT2D eigenvalue weighted by Gasteiger charge is 2.54. The molecule has 9 heteroatoms. The third-order valence-electron chi connectivity index (χ3n) is 4.62. The van der Waals surface area contributed by atoms with E-state index in [0.717, 1.165) is 0 Å². The number of thiol groups is 1. The lowest BCUT2D eigenvalue weighted by Crippen LogP contribution is -2.59. The van der Waals surface area contributed by atoms with Crippen LogP contribution in [0.5, 0.6) is 17.5 Å². The van der Waals surface area contributed by atoms with E-state index in [1.54, 1.807) is 39.0 Å². The number of ether oxygens (including phenoxy) is 2. The van der Waals surface area contributed by atoms with Gasteiger partial charge in [-0.2, -0.15) is 0 Å². The topological polar surface area (TPSA) is 114 Å². The molecule has 26 heavy (non-hydrogen) atoms. The van der Waals surface area contributed by atoms with Crippen LogP contribution in [0.2, 0.25) is 0 Å². The Bertz CT molecular complexity index is 839. The molecule has 0 saturated heterocycles. The molecule has 0 spiro atoms. The Morgan fingerprint density at radius 3 is 2.62 bits per heavy atom. The second-order valence-corrected chi connectivity index (χ2v) is 6.90. The predicted molar refractivity (Wildman–Crippen MR) is 95.3 cm³/mol. The SMILES string of the molecule is CC1(C)Oc2ccc(C(=O)NS)cc2C(Oc2ccc(O)nn2)C1(C)O. The Morgan fingerprint density at radius 2 is 2.00 bits per heavy atom. The normalized spacial score (nSPS) is 23.5. The van der Waals surface area contributed by atoms with Crippen LogP contribution >= 0.6 is 12.8 Å². The first kappa shape index (κ1) is 18.3. The van der Waals surface area contributed by atoms with Gasteiger partial charge < -0.3 is 19.7 Å². The number of nitrogens with one attached hydrogen (secondary N) is 1. The Hall–Kier alpha value is -2.52. The summed E-state index contributed by atoms with van der Waals surface area (Å²) in [6, 6.07) is 7.57. The summed E-state index contributed by atoms with van der Waals surface area (Å²) in [4.78, 5) is 11.9. The number of benzene rings is 1. The van der Waals surface area contributed by atoms with Crippen molar-refractivity contribution in [2.45, 2.75) is 38.1 Å². The molecule has 1 aliphatic heterocycles. The fourth-order valence-corrected chi connectivity index (χ4v) is 2.85. The van der Waals surface area contributed by atoms with Crippen molar-refractivity contribution in [1.29, 1.82) is 0 Å². The van der Waals surface area contributed by atoms with Gasteiger partial charge in [0.25, 0.3) is 5.91 Å². The lowest BCUT2D eigenvalue weighted by Gasteiger charge is -2.48.